The number of benzene rings is 2. The molecule has 4 heteroatoms. The molecule has 0 fully saturated rings. The van der Waals surface area contributed by atoms with Gasteiger partial charge in [-0.25, -0.2) is 0 Å². The largest absolute Gasteiger partial charge is 0.399 e. The number of anilines is 2. The summed E-state index contributed by atoms with van der Waals surface area (Å²) in [7, 11) is 3.66. The van der Waals surface area contributed by atoms with E-state index in [9.17, 15) is 0 Å². The van der Waals surface area contributed by atoms with Gasteiger partial charge in [-0.05, 0) is 43.0 Å². The second-order valence-electron chi connectivity index (χ2n) is 4.95. The maximum Gasteiger partial charge on any atom is 0.0460 e. The van der Waals surface area contributed by atoms with Gasteiger partial charge in [0.2, 0.25) is 0 Å². The standard InChI is InChI=1S/C17H22N2S2/c18-15-10-4-3-9-14(15)8-2-1-7-13-20-21-17-12-6-5-11-16(17)19/h3-6,9-12H,1-2,7-8,13,18-19H2. The van der Waals surface area contributed by atoms with Crippen LogP contribution in [-0.2, 0) is 6.42 Å². The Labute approximate surface area is 135 Å². The normalized spacial score (nSPS) is 10.7. The summed E-state index contributed by atoms with van der Waals surface area (Å²) in [6.45, 7) is 0. The predicted octanol–water partition coefficient (Wildman–Crippen LogP) is 5.00. The van der Waals surface area contributed by atoms with Crippen LogP contribution in [0.2, 0.25) is 0 Å². The third kappa shape index (κ3) is 5.56. The van der Waals surface area contributed by atoms with Crippen molar-refractivity contribution in [1.29, 1.82) is 0 Å². The minimum atomic E-state index is 0.870. The van der Waals surface area contributed by atoms with Gasteiger partial charge in [0.25, 0.3) is 0 Å². The Balaban J connectivity index is 1.57. The van der Waals surface area contributed by atoms with E-state index in [1.165, 1.54) is 29.7 Å². The molecule has 0 bridgehead atoms. The predicted molar refractivity (Wildman–Crippen MR) is 97.6 cm³/mol. The molecule has 2 nitrogen and oxygen atoms in total. The van der Waals surface area contributed by atoms with Gasteiger partial charge < -0.3 is 11.5 Å². The molecule has 2 aromatic rings. The van der Waals surface area contributed by atoms with Gasteiger partial charge >= 0.3 is 0 Å². The summed E-state index contributed by atoms with van der Waals surface area (Å²) < 4.78 is 0. The summed E-state index contributed by atoms with van der Waals surface area (Å²) in [4.78, 5) is 1.17. The molecule has 0 saturated heterocycles. The molecule has 0 spiro atoms. The summed E-state index contributed by atoms with van der Waals surface area (Å²) >= 11 is 0. The van der Waals surface area contributed by atoms with Crippen LogP contribution < -0.4 is 11.5 Å². The molecule has 0 aliphatic rings. The molecule has 0 heterocycles. The van der Waals surface area contributed by atoms with Crippen LogP contribution in [-0.4, -0.2) is 5.75 Å². The van der Waals surface area contributed by atoms with Crippen LogP contribution in [0.3, 0.4) is 0 Å². The van der Waals surface area contributed by atoms with E-state index >= 15 is 0 Å². The zero-order chi connectivity index (χ0) is 14.9. The molecule has 4 N–H and O–H groups in total. The fourth-order valence-electron chi connectivity index (χ4n) is 2.08. The molecular formula is C17H22N2S2. The van der Waals surface area contributed by atoms with Crippen molar-refractivity contribution in [3.05, 3.63) is 54.1 Å². The Morgan fingerprint density at radius 2 is 1.48 bits per heavy atom. The van der Waals surface area contributed by atoms with E-state index in [1.807, 2.05) is 41.1 Å². The highest BCUT2D eigenvalue weighted by molar-refractivity contribution is 8.76. The topological polar surface area (TPSA) is 52.0 Å². The van der Waals surface area contributed by atoms with Gasteiger partial charge in [0.05, 0.1) is 0 Å². The first-order valence-electron chi connectivity index (χ1n) is 7.25. The molecule has 2 aromatic carbocycles. The van der Waals surface area contributed by atoms with E-state index < -0.39 is 0 Å². The van der Waals surface area contributed by atoms with Gasteiger partial charge in [-0.15, -0.1) is 0 Å². The molecule has 2 rings (SSSR count). The van der Waals surface area contributed by atoms with Gasteiger partial charge in [0.15, 0.2) is 0 Å². The van der Waals surface area contributed by atoms with Crippen molar-refractivity contribution in [3.8, 4) is 0 Å². The van der Waals surface area contributed by atoms with E-state index in [4.69, 9.17) is 11.5 Å². The number of nitrogen functional groups attached to an aromatic ring is 2. The average Bonchev–Trinajstić information content (AvgIpc) is 2.50. The Morgan fingerprint density at radius 3 is 2.24 bits per heavy atom. The summed E-state index contributed by atoms with van der Waals surface area (Å²) in [5.74, 6) is 1.16. The van der Waals surface area contributed by atoms with E-state index in [0.29, 0.717) is 0 Å². The van der Waals surface area contributed by atoms with Crippen LogP contribution in [0.25, 0.3) is 0 Å². The van der Waals surface area contributed by atoms with Gasteiger partial charge in [0, 0.05) is 22.0 Å². The number of unbranched alkanes of at least 4 members (excludes halogenated alkanes) is 2. The zero-order valence-electron chi connectivity index (χ0n) is 12.1. The maximum absolute atomic E-state index is 5.94. The van der Waals surface area contributed by atoms with Crippen LogP contribution in [0.1, 0.15) is 24.8 Å². The van der Waals surface area contributed by atoms with Gasteiger partial charge in [-0.3, -0.25) is 0 Å². The first-order chi connectivity index (χ1) is 10.3. The molecular weight excluding hydrogens is 296 g/mol. The second-order valence-corrected chi connectivity index (χ2v) is 7.41. The number of nitrogens with two attached hydrogens (primary N) is 2. The second kappa shape index (κ2) is 8.90. The minimum absolute atomic E-state index is 0.870. The van der Waals surface area contributed by atoms with Crippen molar-refractivity contribution in [2.75, 3.05) is 17.2 Å². The van der Waals surface area contributed by atoms with Crippen LogP contribution in [0.4, 0.5) is 11.4 Å². The van der Waals surface area contributed by atoms with Crippen molar-refractivity contribution in [3.63, 3.8) is 0 Å². The third-order valence-corrected chi connectivity index (χ3v) is 5.81. The molecule has 0 unspecified atom stereocenters. The summed E-state index contributed by atoms with van der Waals surface area (Å²) in [6.07, 6.45) is 4.76. The number of para-hydroxylation sites is 2. The Morgan fingerprint density at radius 1 is 0.762 bits per heavy atom. The van der Waals surface area contributed by atoms with E-state index in [0.717, 1.165) is 23.5 Å². The highest BCUT2D eigenvalue weighted by atomic mass is 33.1. The molecule has 0 aliphatic heterocycles. The van der Waals surface area contributed by atoms with Crippen molar-refractivity contribution in [2.24, 2.45) is 0 Å². The van der Waals surface area contributed by atoms with Crippen LogP contribution in [0.15, 0.2) is 53.4 Å². The third-order valence-electron chi connectivity index (χ3n) is 3.30. The van der Waals surface area contributed by atoms with Crippen LogP contribution in [0.5, 0.6) is 0 Å². The lowest BCUT2D eigenvalue weighted by molar-refractivity contribution is 0.724. The lowest BCUT2D eigenvalue weighted by Crippen LogP contribution is -1.94. The SMILES string of the molecule is Nc1ccccc1CCCCCSSc1ccccc1N. The quantitative estimate of drug-likeness (QED) is 0.408. The number of hydrogen-bond donors (Lipinski definition) is 2. The summed E-state index contributed by atoms with van der Waals surface area (Å²) in [5, 5.41) is 0. The van der Waals surface area contributed by atoms with Gasteiger partial charge in [-0.2, -0.15) is 0 Å². The van der Waals surface area contributed by atoms with E-state index in [1.54, 1.807) is 10.8 Å². The molecule has 0 aromatic heterocycles. The van der Waals surface area contributed by atoms with Crippen LogP contribution >= 0.6 is 21.6 Å². The summed E-state index contributed by atoms with van der Waals surface area (Å²) in [6, 6.07) is 16.2. The molecule has 0 radical (unpaired) electrons. The first-order valence-corrected chi connectivity index (χ1v) is 9.56. The van der Waals surface area contributed by atoms with Crippen molar-refractivity contribution in [2.45, 2.75) is 30.6 Å². The van der Waals surface area contributed by atoms with Gasteiger partial charge in [-0.1, -0.05) is 58.3 Å². The number of hydrogen-bond acceptors (Lipinski definition) is 4. The maximum atomic E-state index is 5.94. The van der Waals surface area contributed by atoms with Crippen molar-refractivity contribution < 1.29 is 0 Å². The van der Waals surface area contributed by atoms with Gasteiger partial charge in [0.1, 0.15) is 0 Å². The average molecular weight is 319 g/mol. The number of rotatable bonds is 8. The first kappa shape index (κ1) is 16.1. The fourth-order valence-corrected chi connectivity index (χ4v) is 4.35. The smallest absolute Gasteiger partial charge is 0.0460 e. The number of aryl methyl sites for hydroxylation is 1. The van der Waals surface area contributed by atoms with Crippen molar-refractivity contribution >= 4 is 33.0 Å². The monoisotopic (exact) mass is 318 g/mol. The lowest BCUT2D eigenvalue weighted by Gasteiger charge is -2.06. The Bertz CT molecular complexity index is 508. The highest BCUT2D eigenvalue weighted by Crippen LogP contribution is 2.35. The molecule has 0 aliphatic carbocycles. The lowest BCUT2D eigenvalue weighted by atomic mass is 10.1. The van der Waals surface area contributed by atoms with E-state index in [2.05, 4.69) is 18.2 Å². The minimum Gasteiger partial charge on any atom is -0.399 e. The molecule has 0 atom stereocenters. The molecule has 0 amide bonds. The van der Waals surface area contributed by atoms with Crippen molar-refractivity contribution in [1.82, 2.24) is 0 Å². The molecule has 0 saturated carbocycles. The molecule has 112 valence electrons. The molecule has 21 heavy (non-hydrogen) atoms. The highest BCUT2D eigenvalue weighted by Gasteiger charge is 2.00. The van der Waals surface area contributed by atoms with Crippen LogP contribution in [0, 0.1) is 0 Å². The summed E-state index contributed by atoms with van der Waals surface area (Å²) in [5.41, 5.74) is 14.9. The van der Waals surface area contributed by atoms with E-state index in [-0.39, 0.29) is 0 Å². The Kier molecular flexibility index (Phi) is 6.83. The zero-order valence-corrected chi connectivity index (χ0v) is 13.8. The Hall–Kier alpha value is -1.26. The fraction of sp³-hybridized carbons (Fsp3) is 0.294.